The number of aliphatic hydroxyl groups excluding tert-OH is 1. The first-order chi connectivity index (χ1) is 8.70. The van der Waals surface area contributed by atoms with Gasteiger partial charge in [0, 0.05) is 24.8 Å². The fourth-order valence-corrected chi connectivity index (χ4v) is 2.61. The van der Waals surface area contributed by atoms with E-state index in [1.54, 1.807) is 6.07 Å². The SMILES string of the molecule is NC(=O)c1cccc(CNC2CCCC2CO)c1. The molecule has 0 saturated heterocycles. The summed E-state index contributed by atoms with van der Waals surface area (Å²) in [6.45, 7) is 0.960. The molecule has 2 atom stereocenters. The molecule has 0 bridgehead atoms. The summed E-state index contributed by atoms with van der Waals surface area (Å²) in [5.74, 6) is -0.0322. The van der Waals surface area contributed by atoms with Gasteiger partial charge in [0.25, 0.3) is 0 Å². The van der Waals surface area contributed by atoms with E-state index in [0.29, 0.717) is 24.1 Å². The third kappa shape index (κ3) is 3.09. The average molecular weight is 248 g/mol. The van der Waals surface area contributed by atoms with E-state index in [0.717, 1.165) is 18.4 Å². The molecule has 1 aromatic rings. The van der Waals surface area contributed by atoms with Gasteiger partial charge in [0.05, 0.1) is 0 Å². The molecule has 2 unspecified atom stereocenters. The second kappa shape index (κ2) is 5.98. The van der Waals surface area contributed by atoms with Crippen molar-refractivity contribution in [2.45, 2.75) is 31.8 Å². The molecule has 1 aliphatic carbocycles. The fraction of sp³-hybridized carbons (Fsp3) is 0.500. The number of primary amides is 1. The summed E-state index contributed by atoms with van der Waals surface area (Å²) < 4.78 is 0. The highest BCUT2D eigenvalue weighted by Gasteiger charge is 2.25. The Morgan fingerprint density at radius 2 is 2.28 bits per heavy atom. The zero-order valence-electron chi connectivity index (χ0n) is 10.4. The van der Waals surface area contributed by atoms with Gasteiger partial charge in [-0.1, -0.05) is 18.6 Å². The summed E-state index contributed by atoms with van der Waals surface area (Å²) in [6.07, 6.45) is 3.38. The van der Waals surface area contributed by atoms with Crippen LogP contribution in [0.25, 0.3) is 0 Å². The first-order valence-corrected chi connectivity index (χ1v) is 6.43. The first kappa shape index (κ1) is 13.1. The zero-order chi connectivity index (χ0) is 13.0. The second-order valence-corrected chi connectivity index (χ2v) is 4.93. The summed E-state index contributed by atoms with van der Waals surface area (Å²) in [5.41, 5.74) is 6.84. The van der Waals surface area contributed by atoms with Gasteiger partial charge in [-0.25, -0.2) is 0 Å². The molecule has 98 valence electrons. The van der Waals surface area contributed by atoms with Crippen molar-refractivity contribution in [3.05, 3.63) is 35.4 Å². The summed E-state index contributed by atoms with van der Waals surface area (Å²) in [5, 5.41) is 12.7. The molecule has 4 N–H and O–H groups in total. The molecule has 0 spiro atoms. The predicted molar refractivity (Wildman–Crippen MR) is 70.0 cm³/mol. The van der Waals surface area contributed by atoms with Crippen molar-refractivity contribution in [1.82, 2.24) is 5.32 Å². The highest BCUT2D eigenvalue weighted by Crippen LogP contribution is 2.25. The van der Waals surface area contributed by atoms with Gasteiger partial charge in [-0.3, -0.25) is 4.79 Å². The normalized spacial score (nSPS) is 23.2. The number of nitrogens with two attached hydrogens (primary N) is 1. The minimum atomic E-state index is -0.397. The van der Waals surface area contributed by atoms with Crippen LogP contribution in [0.1, 0.15) is 35.2 Å². The summed E-state index contributed by atoms with van der Waals surface area (Å²) in [4.78, 5) is 11.1. The Balaban J connectivity index is 1.93. The van der Waals surface area contributed by atoms with Crippen molar-refractivity contribution < 1.29 is 9.90 Å². The van der Waals surface area contributed by atoms with Crippen molar-refractivity contribution in [1.29, 1.82) is 0 Å². The zero-order valence-corrected chi connectivity index (χ0v) is 10.4. The summed E-state index contributed by atoms with van der Waals surface area (Å²) in [6, 6.07) is 7.74. The first-order valence-electron chi connectivity index (χ1n) is 6.43. The molecule has 2 rings (SSSR count). The van der Waals surface area contributed by atoms with E-state index in [4.69, 9.17) is 5.73 Å². The number of benzene rings is 1. The Hall–Kier alpha value is -1.39. The van der Waals surface area contributed by atoms with Crippen molar-refractivity contribution in [3.8, 4) is 0 Å². The lowest BCUT2D eigenvalue weighted by atomic mass is 10.0. The topological polar surface area (TPSA) is 75.4 Å². The Bertz CT molecular complexity index is 420. The number of hydrogen-bond donors (Lipinski definition) is 3. The second-order valence-electron chi connectivity index (χ2n) is 4.93. The molecule has 0 heterocycles. The molecule has 4 heteroatoms. The van der Waals surface area contributed by atoms with Gasteiger partial charge in [0.15, 0.2) is 0 Å². The fourth-order valence-electron chi connectivity index (χ4n) is 2.61. The molecule has 1 saturated carbocycles. The molecule has 18 heavy (non-hydrogen) atoms. The smallest absolute Gasteiger partial charge is 0.248 e. The van der Waals surface area contributed by atoms with Crippen molar-refractivity contribution in [2.24, 2.45) is 11.7 Å². The van der Waals surface area contributed by atoms with Crippen LogP contribution in [0.15, 0.2) is 24.3 Å². The van der Waals surface area contributed by atoms with Gasteiger partial charge in [-0.2, -0.15) is 0 Å². The summed E-state index contributed by atoms with van der Waals surface area (Å²) >= 11 is 0. The van der Waals surface area contributed by atoms with Crippen molar-refractivity contribution >= 4 is 5.91 Å². The van der Waals surface area contributed by atoms with E-state index in [-0.39, 0.29) is 6.61 Å². The molecule has 4 nitrogen and oxygen atoms in total. The Labute approximate surface area is 107 Å². The monoisotopic (exact) mass is 248 g/mol. The molecular weight excluding hydrogens is 228 g/mol. The Kier molecular flexibility index (Phi) is 4.33. The van der Waals surface area contributed by atoms with Crippen molar-refractivity contribution in [2.75, 3.05) is 6.61 Å². The number of aliphatic hydroxyl groups is 1. The van der Waals surface area contributed by atoms with Gasteiger partial charge in [0.1, 0.15) is 0 Å². The number of nitrogens with one attached hydrogen (secondary N) is 1. The lowest BCUT2D eigenvalue weighted by molar-refractivity contribution is 0.1000. The van der Waals surface area contributed by atoms with E-state index in [2.05, 4.69) is 5.32 Å². The number of carbonyl (C=O) groups excluding carboxylic acids is 1. The van der Waals surface area contributed by atoms with Crippen LogP contribution in [-0.4, -0.2) is 23.7 Å². The van der Waals surface area contributed by atoms with E-state index < -0.39 is 5.91 Å². The van der Waals surface area contributed by atoms with Crippen LogP contribution in [0.3, 0.4) is 0 Å². The highest BCUT2D eigenvalue weighted by molar-refractivity contribution is 5.92. The van der Waals surface area contributed by atoms with Crippen LogP contribution in [0.2, 0.25) is 0 Å². The maximum Gasteiger partial charge on any atom is 0.248 e. The summed E-state index contributed by atoms with van der Waals surface area (Å²) in [7, 11) is 0. The van der Waals surface area contributed by atoms with Crippen LogP contribution in [0.4, 0.5) is 0 Å². The van der Waals surface area contributed by atoms with Gasteiger partial charge < -0.3 is 16.2 Å². The lowest BCUT2D eigenvalue weighted by Gasteiger charge is -2.19. The van der Waals surface area contributed by atoms with Crippen LogP contribution in [0.5, 0.6) is 0 Å². The van der Waals surface area contributed by atoms with Gasteiger partial charge in [0.2, 0.25) is 5.91 Å². The number of rotatable bonds is 5. The molecule has 0 aromatic heterocycles. The van der Waals surface area contributed by atoms with Crippen LogP contribution in [0, 0.1) is 5.92 Å². The maximum atomic E-state index is 11.1. The Morgan fingerprint density at radius 1 is 1.44 bits per heavy atom. The maximum absolute atomic E-state index is 11.1. The van der Waals surface area contributed by atoms with Gasteiger partial charge >= 0.3 is 0 Å². The van der Waals surface area contributed by atoms with E-state index in [1.807, 2.05) is 18.2 Å². The third-order valence-corrected chi connectivity index (χ3v) is 3.67. The van der Waals surface area contributed by atoms with Crippen LogP contribution in [-0.2, 0) is 6.54 Å². The molecule has 1 aromatic carbocycles. The van der Waals surface area contributed by atoms with Gasteiger partial charge in [-0.05, 0) is 36.5 Å². The van der Waals surface area contributed by atoms with Crippen molar-refractivity contribution in [3.63, 3.8) is 0 Å². The van der Waals surface area contributed by atoms with Gasteiger partial charge in [-0.15, -0.1) is 0 Å². The number of hydrogen-bond acceptors (Lipinski definition) is 3. The van der Waals surface area contributed by atoms with E-state index in [9.17, 15) is 9.90 Å². The molecule has 1 fully saturated rings. The number of amides is 1. The average Bonchev–Trinajstić information content (AvgIpc) is 2.84. The predicted octanol–water partition coefficient (Wildman–Crippen LogP) is 1.04. The number of carbonyl (C=O) groups is 1. The molecule has 1 amide bonds. The quantitative estimate of drug-likeness (QED) is 0.728. The van der Waals surface area contributed by atoms with E-state index >= 15 is 0 Å². The largest absolute Gasteiger partial charge is 0.396 e. The molecule has 0 radical (unpaired) electrons. The van der Waals surface area contributed by atoms with Crippen LogP contribution >= 0.6 is 0 Å². The minimum Gasteiger partial charge on any atom is -0.396 e. The Morgan fingerprint density at radius 3 is 3.00 bits per heavy atom. The molecule has 1 aliphatic rings. The lowest BCUT2D eigenvalue weighted by Crippen LogP contribution is -2.33. The molecule has 0 aliphatic heterocycles. The standard InChI is InChI=1S/C14H20N2O2/c15-14(18)11-4-1-3-10(7-11)8-16-13-6-2-5-12(13)9-17/h1,3-4,7,12-13,16-17H,2,5-6,8-9H2,(H2,15,18). The molecular formula is C14H20N2O2. The van der Waals surface area contributed by atoms with E-state index in [1.165, 1.54) is 6.42 Å². The van der Waals surface area contributed by atoms with Crippen LogP contribution < -0.4 is 11.1 Å². The third-order valence-electron chi connectivity index (χ3n) is 3.67. The highest BCUT2D eigenvalue weighted by atomic mass is 16.3. The minimum absolute atomic E-state index is 0.249.